The van der Waals surface area contributed by atoms with Crippen LogP contribution in [-0.4, -0.2) is 57.0 Å². The number of hydrogen-bond acceptors (Lipinski definition) is 7. The normalized spacial score (nSPS) is 13.4. The van der Waals surface area contributed by atoms with Gasteiger partial charge in [0.2, 0.25) is 5.95 Å². The molecule has 0 saturated carbocycles. The molecule has 8 nitrogen and oxygen atoms in total. The van der Waals surface area contributed by atoms with Crippen molar-refractivity contribution in [1.29, 1.82) is 0 Å². The summed E-state index contributed by atoms with van der Waals surface area (Å²) >= 11 is 1.58. The molecule has 0 bridgehead atoms. The van der Waals surface area contributed by atoms with Crippen LogP contribution in [0.4, 0.5) is 10.7 Å². The van der Waals surface area contributed by atoms with E-state index in [4.69, 9.17) is 4.74 Å². The van der Waals surface area contributed by atoms with E-state index in [2.05, 4.69) is 41.0 Å². The molecule has 2 N–H and O–H groups in total. The van der Waals surface area contributed by atoms with Gasteiger partial charge >= 0.3 is 6.03 Å². The van der Waals surface area contributed by atoms with Crippen LogP contribution in [0.15, 0.2) is 36.9 Å². The summed E-state index contributed by atoms with van der Waals surface area (Å²) in [6.45, 7) is 8.65. The Balaban J connectivity index is 2.01. The molecule has 2 rings (SSSR count). The summed E-state index contributed by atoms with van der Waals surface area (Å²) in [6, 6.07) is 7.37. The zero-order valence-electron chi connectivity index (χ0n) is 18.2. The minimum Gasteiger partial charge on any atom is -0.472 e. The van der Waals surface area contributed by atoms with E-state index in [1.165, 1.54) is 23.1 Å². The summed E-state index contributed by atoms with van der Waals surface area (Å²) < 4.78 is 5.81. The highest BCUT2D eigenvalue weighted by atomic mass is 32.2. The van der Waals surface area contributed by atoms with Gasteiger partial charge in [-0.05, 0) is 35.8 Å². The average Bonchev–Trinajstić information content (AvgIpc) is 2.73. The number of urea groups is 1. The van der Waals surface area contributed by atoms with Gasteiger partial charge in [-0.3, -0.25) is 0 Å². The maximum atomic E-state index is 12.7. The summed E-state index contributed by atoms with van der Waals surface area (Å²) in [5.41, 5.74) is 1.24. The van der Waals surface area contributed by atoms with Gasteiger partial charge in [-0.15, -0.1) is 0 Å². The first-order valence-electron chi connectivity index (χ1n) is 9.84. The van der Waals surface area contributed by atoms with Gasteiger partial charge in [0.25, 0.3) is 0 Å². The number of aliphatic hydroxyl groups excluding tert-OH is 1. The fraction of sp³-hybridized carbons (Fsp3) is 0.524. The molecule has 164 valence electrons. The molecular formula is C21H31N5O3S. The van der Waals surface area contributed by atoms with Crippen molar-refractivity contribution in [2.24, 2.45) is 0 Å². The van der Waals surface area contributed by atoms with Crippen LogP contribution >= 0.6 is 11.8 Å². The molecule has 0 aliphatic carbocycles. The molecular weight excluding hydrogens is 402 g/mol. The van der Waals surface area contributed by atoms with E-state index < -0.39 is 12.1 Å². The first-order chi connectivity index (χ1) is 14.2. The van der Waals surface area contributed by atoms with Gasteiger partial charge < -0.3 is 15.2 Å². The number of anilines is 1. The highest BCUT2D eigenvalue weighted by Crippen LogP contribution is 2.24. The molecule has 2 atom stereocenters. The van der Waals surface area contributed by atoms with Crippen molar-refractivity contribution in [3.63, 3.8) is 0 Å². The van der Waals surface area contributed by atoms with Crippen LogP contribution < -0.4 is 15.0 Å². The van der Waals surface area contributed by atoms with Crippen molar-refractivity contribution in [3.05, 3.63) is 42.5 Å². The molecule has 0 aliphatic heterocycles. The summed E-state index contributed by atoms with van der Waals surface area (Å²) in [5.74, 6) is 0.825. The SMILES string of the molecule is CSC(C)C(O)CCNC(=O)N(COc1ccc(C(C)(C)C)cc1)c1ncncn1. The number of aliphatic hydroxyl groups is 1. The van der Waals surface area contributed by atoms with Crippen molar-refractivity contribution in [1.82, 2.24) is 20.3 Å². The Labute approximate surface area is 182 Å². The van der Waals surface area contributed by atoms with Crippen molar-refractivity contribution in [3.8, 4) is 5.75 Å². The topological polar surface area (TPSA) is 100 Å². The molecule has 9 heteroatoms. The van der Waals surface area contributed by atoms with Gasteiger partial charge in [-0.1, -0.05) is 39.8 Å². The first-order valence-corrected chi connectivity index (χ1v) is 11.1. The Morgan fingerprint density at radius 1 is 1.23 bits per heavy atom. The Kier molecular flexibility index (Phi) is 8.86. The molecule has 2 aromatic rings. The molecule has 0 spiro atoms. The van der Waals surface area contributed by atoms with E-state index in [1.807, 2.05) is 37.4 Å². The number of hydrogen-bond donors (Lipinski definition) is 2. The maximum absolute atomic E-state index is 12.7. The number of rotatable bonds is 9. The second-order valence-electron chi connectivity index (χ2n) is 7.94. The molecule has 2 amide bonds. The zero-order valence-corrected chi connectivity index (χ0v) is 19.0. The lowest BCUT2D eigenvalue weighted by atomic mass is 9.87. The van der Waals surface area contributed by atoms with Crippen LogP contribution in [-0.2, 0) is 5.41 Å². The lowest BCUT2D eigenvalue weighted by molar-refractivity contribution is 0.165. The Morgan fingerprint density at radius 3 is 2.43 bits per heavy atom. The number of aromatic nitrogens is 3. The fourth-order valence-corrected chi connectivity index (χ4v) is 3.03. The van der Waals surface area contributed by atoms with Crippen molar-refractivity contribution >= 4 is 23.7 Å². The van der Waals surface area contributed by atoms with E-state index in [0.29, 0.717) is 18.7 Å². The predicted molar refractivity (Wildman–Crippen MR) is 120 cm³/mol. The minimum atomic E-state index is -0.497. The van der Waals surface area contributed by atoms with E-state index in [0.717, 1.165) is 0 Å². The minimum absolute atomic E-state index is 0.0493. The molecule has 2 unspecified atom stereocenters. The number of nitrogens with zero attached hydrogens (tertiary/aromatic N) is 4. The molecule has 30 heavy (non-hydrogen) atoms. The first kappa shape index (κ1) is 23.9. The number of carbonyl (C=O) groups is 1. The van der Waals surface area contributed by atoms with Gasteiger partial charge in [-0.25, -0.2) is 24.6 Å². The van der Waals surface area contributed by atoms with Crippen molar-refractivity contribution in [2.75, 3.05) is 24.4 Å². The standard InChI is InChI=1S/C21H31N5O3S/c1-15(30-5)18(27)10-11-23-20(28)26(19-24-12-22-13-25-19)14-29-17-8-6-16(7-9-17)21(2,3)4/h6-9,12-13,15,18,27H,10-11,14H2,1-5H3,(H,23,28). The van der Waals surface area contributed by atoms with Gasteiger partial charge in [-0.2, -0.15) is 11.8 Å². The summed E-state index contributed by atoms with van der Waals surface area (Å²) in [5, 5.41) is 13.0. The molecule has 0 saturated heterocycles. The maximum Gasteiger partial charge on any atom is 0.327 e. The third-order valence-electron chi connectivity index (χ3n) is 4.68. The number of thioether (sulfide) groups is 1. The second-order valence-corrected chi connectivity index (χ2v) is 9.16. The van der Waals surface area contributed by atoms with Gasteiger partial charge in [0.15, 0.2) is 6.73 Å². The Hall–Kier alpha value is -2.39. The second kappa shape index (κ2) is 11.1. The van der Waals surface area contributed by atoms with Crippen LogP contribution in [0.1, 0.15) is 39.7 Å². The number of carbonyl (C=O) groups excluding carboxylic acids is 1. The van der Waals surface area contributed by atoms with Gasteiger partial charge in [0.1, 0.15) is 18.4 Å². The Morgan fingerprint density at radius 2 is 1.87 bits per heavy atom. The third-order valence-corrected chi connectivity index (χ3v) is 5.73. The lowest BCUT2D eigenvalue weighted by Crippen LogP contribution is -2.44. The lowest BCUT2D eigenvalue weighted by Gasteiger charge is -2.23. The number of amides is 2. The number of benzene rings is 1. The van der Waals surface area contributed by atoms with Gasteiger partial charge in [0, 0.05) is 11.8 Å². The van der Waals surface area contributed by atoms with Gasteiger partial charge in [0.05, 0.1) is 6.10 Å². The molecule has 0 aliphatic rings. The van der Waals surface area contributed by atoms with Crippen LogP contribution in [0.2, 0.25) is 0 Å². The highest BCUT2D eigenvalue weighted by Gasteiger charge is 2.20. The number of nitrogens with one attached hydrogen (secondary N) is 1. The Bertz CT molecular complexity index is 783. The largest absolute Gasteiger partial charge is 0.472 e. The highest BCUT2D eigenvalue weighted by molar-refractivity contribution is 7.99. The number of ether oxygens (including phenoxy) is 1. The monoisotopic (exact) mass is 433 g/mol. The molecule has 1 aromatic carbocycles. The van der Waals surface area contributed by atoms with Crippen molar-refractivity contribution in [2.45, 2.75) is 50.9 Å². The van der Waals surface area contributed by atoms with Crippen LogP contribution in [0.3, 0.4) is 0 Å². The molecule has 0 fully saturated rings. The summed E-state index contributed by atoms with van der Waals surface area (Å²) in [4.78, 5) is 25.9. The summed E-state index contributed by atoms with van der Waals surface area (Å²) in [6.07, 6.45) is 4.55. The van der Waals surface area contributed by atoms with Crippen LogP contribution in [0.25, 0.3) is 0 Å². The van der Waals surface area contributed by atoms with Crippen LogP contribution in [0.5, 0.6) is 5.75 Å². The van der Waals surface area contributed by atoms with E-state index in [-0.39, 0.29) is 23.3 Å². The van der Waals surface area contributed by atoms with E-state index in [9.17, 15) is 9.90 Å². The van der Waals surface area contributed by atoms with E-state index >= 15 is 0 Å². The fourth-order valence-electron chi connectivity index (χ4n) is 2.58. The van der Waals surface area contributed by atoms with E-state index in [1.54, 1.807) is 11.8 Å². The smallest absolute Gasteiger partial charge is 0.327 e. The molecule has 1 heterocycles. The predicted octanol–water partition coefficient (Wildman–Crippen LogP) is 3.22. The molecule has 0 radical (unpaired) electrons. The quantitative estimate of drug-likeness (QED) is 0.586. The third kappa shape index (κ3) is 7.14. The van der Waals surface area contributed by atoms with Crippen molar-refractivity contribution < 1.29 is 14.6 Å². The summed E-state index contributed by atoms with van der Waals surface area (Å²) in [7, 11) is 0. The van der Waals surface area contributed by atoms with Crippen LogP contribution in [0, 0.1) is 0 Å². The average molecular weight is 434 g/mol. The zero-order chi connectivity index (χ0) is 22.1. The molecule has 1 aromatic heterocycles.